The normalized spacial score (nSPS) is 22.6. The number of amides is 1. The third-order valence-corrected chi connectivity index (χ3v) is 5.09. The molecule has 0 unspecified atom stereocenters. The van der Waals surface area contributed by atoms with Gasteiger partial charge in [-0.05, 0) is 44.2 Å². The summed E-state index contributed by atoms with van der Waals surface area (Å²) >= 11 is 1.73. The maximum atomic E-state index is 12.5. The maximum absolute atomic E-state index is 12.5. The smallest absolute Gasteiger partial charge is 0.264 e. The van der Waals surface area contributed by atoms with Crippen LogP contribution in [0.4, 0.5) is 0 Å². The highest BCUT2D eigenvalue weighted by Gasteiger charge is 2.24. The van der Waals surface area contributed by atoms with Crippen LogP contribution in [-0.4, -0.2) is 36.5 Å². The molecule has 1 N–H and O–H groups in total. The Kier molecular flexibility index (Phi) is 4.87. The fraction of sp³-hybridized carbons (Fsp3) is 0.643. The van der Waals surface area contributed by atoms with Crippen LogP contribution in [0.1, 0.15) is 39.9 Å². The molecule has 0 spiro atoms. The number of halogens is 1. The first-order valence-electron chi connectivity index (χ1n) is 6.88. The number of thiophene rings is 1. The summed E-state index contributed by atoms with van der Waals surface area (Å²) in [6.07, 6.45) is 4.90. The Morgan fingerprint density at radius 3 is 2.95 bits per heavy atom. The van der Waals surface area contributed by atoms with Gasteiger partial charge in [0.15, 0.2) is 0 Å². The van der Waals surface area contributed by atoms with E-state index in [2.05, 4.69) is 18.3 Å². The van der Waals surface area contributed by atoms with Crippen molar-refractivity contribution in [2.75, 3.05) is 19.6 Å². The van der Waals surface area contributed by atoms with Gasteiger partial charge >= 0.3 is 0 Å². The van der Waals surface area contributed by atoms with Gasteiger partial charge in [0.2, 0.25) is 0 Å². The van der Waals surface area contributed by atoms with E-state index in [1.807, 2.05) is 4.90 Å². The summed E-state index contributed by atoms with van der Waals surface area (Å²) in [5, 5.41) is 3.38. The summed E-state index contributed by atoms with van der Waals surface area (Å²) in [6.45, 7) is 4.73. The molecule has 1 aliphatic heterocycles. The van der Waals surface area contributed by atoms with Gasteiger partial charge in [0, 0.05) is 30.6 Å². The molecule has 0 aromatic carbocycles. The van der Waals surface area contributed by atoms with Gasteiger partial charge in [-0.3, -0.25) is 4.79 Å². The lowest BCUT2D eigenvalue weighted by molar-refractivity contribution is 0.0714. The standard InChI is InChI=1S/C14H20N2OS.ClH/c1-10-9-16(7-6-15-10)14(17)13-8-11-4-2-3-5-12(11)18-13;/h8,10,15H,2-7,9H2,1H3;1H/t10-;/m0./s1. The van der Waals surface area contributed by atoms with Crippen LogP contribution in [-0.2, 0) is 12.8 Å². The van der Waals surface area contributed by atoms with Crippen molar-refractivity contribution >= 4 is 29.7 Å². The fourth-order valence-electron chi connectivity index (χ4n) is 2.87. The number of nitrogens with one attached hydrogen (secondary N) is 1. The third kappa shape index (κ3) is 3.12. The fourth-order valence-corrected chi connectivity index (χ4v) is 4.09. The SMILES string of the molecule is C[C@H]1CN(C(=O)c2cc3c(s2)CCCC3)CCN1.Cl. The van der Waals surface area contributed by atoms with E-state index in [1.165, 1.54) is 29.7 Å². The van der Waals surface area contributed by atoms with Crippen molar-refractivity contribution < 1.29 is 4.79 Å². The Morgan fingerprint density at radius 2 is 2.21 bits per heavy atom. The van der Waals surface area contributed by atoms with Gasteiger partial charge < -0.3 is 10.2 Å². The lowest BCUT2D eigenvalue weighted by atomic mass is 9.99. The van der Waals surface area contributed by atoms with Crippen LogP contribution >= 0.6 is 23.7 Å². The number of carbonyl (C=O) groups is 1. The molecular weight excluding hydrogens is 280 g/mol. The van der Waals surface area contributed by atoms with Gasteiger partial charge in [0.05, 0.1) is 4.88 Å². The lowest BCUT2D eigenvalue weighted by Gasteiger charge is -2.31. The van der Waals surface area contributed by atoms with Gasteiger partial charge in [-0.25, -0.2) is 0 Å². The quantitative estimate of drug-likeness (QED) is 0.864. The minimum atomic E-state index is 0. The van der Waals surface area contributed by atoms with Crippen molar-refractivity contribution in [2.24, 2.45) is 0 Å². The minimum Gasteiger partial charge on any atom is -0.335 e. The van der Waals surface area contributed by atoms with Crippen LogP contribution in [0.25, 0.3) is 0 Å². The van der Waals surface area contributed by atoms with Gasteiger partial charge in [0.25, 0.3) is 5.91 Å². The van der Waals surface area contributed by atoms with Crippen LogP contribution in [0.15, 0.2) is 6.07 Å². The van der Waals surface area contributed by atoms with E-state index in [4.69, 9.17) is 0 Å². The molecule has 106 valence electrons. The monoisotopic (exact) mass is 300 g/mol. The highest BCUT2D eigenvalue weighted by molar-refractivity contribution is 7.14. The van der Waals surface area contributed by atoms with Crippen LogP contribution in [0.5, 0.6) is 0 Å². The van der Waals surface area contributed by atoms with Crippen LogP contribution in [0.3, 0.4) is 0 Å². The Hall–Kier alpha value is -0.580. The van der Waals surface area contributed by atoms with E-state index >= 15 is 0 Å². The summed E-state index contributed by atoms with van der Waals surface area (Å²) < 4.78 is 0. The summed E-state index contributed by atoms with van der Waals surface area (Å²) in [7, 11) is 0. The predicted octanol–water partition coefficient (Wildman–Crippen LogP) is 2.48. The Morgan fingerprint density at radius 1 is 1.42 bits per heavy atom. The Labute approximate surface area is 124 Å². The molecule has 0 bridgehead atoms. The summed E-state index contributed by atoms with van der Waals surface area (Å²) in [6, 6.07) is 2.56. The second kappa shape index (κ2) is 6.25. The number of nitrogens with zero attached hydrogens (tertiary/aromatic N) is 1. The zero-order valence-electron chi connectivity index (χ0n) is 11.3. The Bertz CT molecular complexity index is 437. The van der Waals surface area contributed by atoms with Crippen molar-refractivity contribution in [1.82, 2.24) is 10.2 Å². The predicted molar refractivity (Wildman–Crippen MR) is 81.6 cm³/mol. The number of hydrogen-bond acceptors (Lipinski definition) is 3. The molecule has 3 nitrogen and oxygen atoms in total. The summed E-state index contributed by atoms with van der Waals surface area (Å²) in [5.41, 5.74) is 1.43. The van der Waals surface area contributed by atoms with Crippen molar-refractivity contribution in [2.45, 2.75) is 38.6 Å². The van der Waals surface area contributed by atoms with E-state index in [9.17, 15) is 4.79 Å². The molecule has 5 heteroatoms. The van der Waals surface area contributed by atoms with Crippen molar-refractivity contribution in [3.05, 3.63) is 21.4 Å². The number of hydrogen-bond donors (Lipinski definition) is 1. The molecule has 1 aromatic rings. The number of aryl methyl sites for hydroxylation is 2. The van der Waals surface area contributed by atoms with Gasteiger partial charge in [0.1, 0.15) is 0 Å². The van der Waals surface area contributed by atoms with E-state index in [0.29, 0.717) is 6.04 Å². The average molecular weight is 301 g/mol. The van der Waals surface area contributed by atoms with Crippen molar-refractivity contribution in [1.29, 1.82) is 0 Å². The number of fused-ring (bicyclic) bond motifs is 1. The molecule has 0 saturated carbocycles. The van der Waals surface area contributed by atoms with Gasteiger partial charge in [-0.2, -0.15) is 0 Å². The topological polar surface area (TPSA) is 32.3 Å². The van der Waals surface area contributed by atoms with E-state index in [0.717, 1.165) is 30.9 Å². The Balaban J connectivity index is 0.00000133. The van der Waals surface area contributed by atoms with E-state index < -0.39 is 0 Å². The summed E-state index contributed by atoms with van der Waals surface area (Å²) in [4.78, 5) is 16.9. The van der Waals surface area contributed by atoms with Crippen LogP contribution in [0, 0.1) is 0 Å². The van der Waals surface area contributed by atoms with Crippen LogP contribution < -0.4 is 5.32 Å². The molecule has 1 saturated heterocycles. The molecule has 2 aliphatic rings. The highest BCUT2D eigenvalue weighted by atomic mass is 35.5. The molecule has 2 heterocycles. The molecule has 1 aliphatic carbocycles. The van der Waals surface area contributed by atoms with Crippen molar-refractivity contribution in [3.63, 3.8) is 0 Å². The summed E-state index contributed by atoms with van der Waals surface area (Å²) in [5.74, 6) is 0.239. The van der Waals surface area contributed by atoms with Gasteiger partial charge in [-0.1, -0.05) is 0 Å². The molecule has 1 fully saturated rings. The molecule has 1 amide bonds. The zero-order valence-corrected chi connectivity index (χ0v) is 12.9. The molecule has 1 atom stereocenters. The van der Waals surface area contributed by atoms with E-state index in [-0.39, 0.29) is 18.3 Å². The first-order valence-corrected chi connectivity index (χ1v) is 7.70. The number of rotatable bonds is 1. The second-order valence-electron chi connectivity index (χ2n) is 5.37. The highest BCUT2D eigenvalue weighted by Crippen LogP contribution is 2.30. The number of piperazine rings is 1. The van der Waals surface area contributed by atoms with Crippen molar-refractivity contribution in [3.8, 4) is 0 Å². The molecule has 19 heavy (non-hydrogen) atoms. The van der Waals surface area contributed by atoms with Gasteiger partial charge in [-0.15, -0.1) is 23.7 Å². The minimum absolute atomic E-state index is 0. The average Bonchev–Trinajstić information content (AvgIpc) is 2.81. The molecular formula is C14H21ClN2OS. The maximum Gasteiger partial charge on any atom is 0.264 e. The third-order valence-electron chi connectivity index (χ3n) is 3.86. The first-order chi connectivity index (χ1) is 8.74. The molecule has 3 rings (SSSR count). The van der Waals surface area contributed by atoms with E-state index in [1.54, 1.807) is 11.3 Å². The zero-order chi connectivity index (χ0) is 12.5. The lowest BCUT2D eigenvalue weighted by Crippen LogP contribution is -2.51. The number of carbonyl (C=O) groups excluding carboxylic acids is 1. The largest absolute Gasteiger partial charge is 0.335 e. The first kappa shape index (κ1) is 14.8. The van der Waals surface area contributed by atoms with Crippen LogP contribution in [0.2, 0.25) is 0 Å². The second-order valence-corrected chi connectivity index (χ2v) is 6.51. The molecule has 1 aromatic heterocycles. The molecule has 0 radical (unpaired) electrons.